The van der Waals surface area contributed by atoms with Crippen LogP contribution in [0.3, 0.4) is 0 Å². The SMILES string of the molecule is COc1cc(C)c2[nH]ccc2c1CN1CCC2(CC1)CC[S+]([O-])C2. The van der Waals surface area contributed by atoms with Gasteiger partial charge in [0.1, 0.15) is 17.3 Å². The summed E-state index contributed by atoms with van der Waals surface area (Å²) in [6.45, 7) is 5.24. The second-order valence-corrected chi connectivity index (χ2v) is 9.03. The maximum atomic E-state index is 11.8. The van der Waals surface area contributed by atoms with Crippen LogP contribution in [0.15, 0.2) is 18.3 Å². The Labute approximate surface area is 146 Å². The molecule has 3 heterocycles. The van der Waals surface area contributed by atoms with Crippen LogP contribution < -0.4 is 4.74 Å². The van der Waals surface area contributed by atoms with Gasteiger partial charge in [0.05, 0.1) is 7.11 Å². The number of aromatic amines is 1. The number of piperidine rings is 1. The van der Waals surface area contributed by atoms with E-state index in [2.05, 4.69) is 28.9 Å². The zero-order chi connectivity index (χ0) is 16.7. The van der Waals surface area contributed by atoms with Crippen LogP contribution in [0.2, 0.25) is 0 Å². The van der Waals surface area contributed by atoms with Crippen molar-refractivity contribution in [3.63, 3.8) is 0 Å². The molecule has 4 nitrogen and oxygen atoms in total. The number of hydrogen-bond donors (Lipinski definition) is 1. The number of likely N-dealkylation sites (tertiary alicyclic amines) is 1. The van der Waals surface area contributed by atoms with E-state index in [0.29, 0.717) is 5.41 Å². The minimum atomic E-state index is -0.572. The molecule has 1 aromatic carbocycles. The van der Waals surface area contributed by atoms with Crippen LogP contribution in [0.5, 0.6) is 5.75 Å². The number of hydrogen-bond acceptors (Lipinski definition) is 3. The molecule has 24 heavy (non-hydrogen) atoms. The predicted molar refractivity (Wildman–Crippen MR) is 99.0 cm³/mol. The van der Waals surface area contributed by atoms with E-state index >= 15 is 0 Å². The van der Waals surface area contributed by atoms with Crippen LogP contribution in [0.1, 0.15) is 30.4 Å². The smallest absolute Gasteiger partial charge is 0.124 e. The molecule has 1 N–H and O–H groups in total. The molecule has 1 unspecified atom stereocenters. The summed E-state index contributed by atoms with van der Waals surface area (Å²) in [7, 11) is 1.76. The molecule has 1 atom stereocenters. The van der Waals surface area contributed by atoms with Gasteiger partial charge in [-0.15, -0.1) is 0 Å². The van der Waals surface area contributed by atoms with Gasteiger partial charge in [0, 0.05) is 41.0 Å². The van der Waals surface area contributed by atoms with Gasteiger partial charge in [0.25, 0.3) is 0 Å². The predicted octanol–water partition coefficient (Wildman–Crippen LogP) is 3.22. The summed E-state index contributed by atoms with van der Waals surface area (Å²) in [6.07, 6.45) is 5.54. The monoisotopic (exact) mass is 346 g/mol. The third kappa shape index (κ3) is 2.83. The molecule has 0 amide bonds. The lowest BCUT2D eigenvalue weighted by atomic mass is 9.78. The van der Waals surface area contributed by atoms with Crippen molar-refractivity contribution < 1.29 is 9.29 Å². The maximum Gasteiger partial charge on any atom is 0.124 e. The van der Waals surface area contributed by atoms with E-state index in [1.54, 1.807) is 7.11 Å². The van der Waals surface area contributed by atoms with Crippen LogP contribution in [0, 0.1) is 12.3 Å². The van der Waals surface area contributed by atoms with Gasteiger partial charge in [-0.25, -0.2) is 0 Å². The molecule has 0 saturated carbocycles. The Hall–Kier alpha value is -1.17. The lowest BCUT2D eigenvalue weighted by Crippen LogP contribution is -2.40. The normalized spacial score (nSPS) is 24.0. The molecule has 2 fully saturated rings. The second kappa shape index (κ2) is 6.28. The third-order valence-corrected chi connectivity index (χ3v) is 7.55. The number of H-pyrrole nitrogens is 1. The highest BCUT2D eigenvalue weighted by Gasteiger charge is 2.43. The highest BCUT2D eigenvalue weighted by atomic mass is 32.2. The van der Waals surface area contributed by atoms with Gasteiger partial charge in [-0.3, -0.25) is 4.90 Å². The fraction of sp³-hybridized carbons (Fsp3) is 0.579. The quantitative estimate of drug-likeness (QED) is 0.868. The van der Waals surface area contributed by atoms with E-state index in [0.717, 1.165) is 43.3 Å². The molecular formula is C19H26N2O2S. The minimum Gasteiger partial charge on any atom is -0.616 e. The lowest BCUT2D eigenvalue weighted by Gasteiger charge is -2.37. The Bertz CT molecular complexity index is 734. The maximum absolute atomic E-state index is 11.8. The van der Waals surface area contributed by atoms with Crippen LogP contribution in [-0.4, -0.2) is 46.1 Å². The first kappa shape index (κ1) is 16.3. The molecule has 0 radical (unpaired) electrons. The number of rotatable bonds is 3. The largest absolute Gasteiger partial charge is 0.616 e. The van der Waals surface area contributed by atoms with Crippen molar-refractivity contribution in [2.24, 2.45) is 5.41 Å². The van der Waals surface area contributed by atoms with Gasteiger partial charge < -0.3 is 14.3 Å². The van der Waals surface area contributed by atoms with Crippen molar-refractivity contribution in [3.05, 3.63) is 29.5 Å². The highest BCUT2D eigenvalue weighted by molar-refractivity contribution is 7.91. The molecule has 0 aliphatic carbocycles. The van der Waals surface area contributed by atoms with Crippen LogP contribution in [0.4, 0.5) is 0 Å². The summed E-state index contributed by atoms with van der Waals surface area (Å²) in [5.74, 6) is 2.83. The molecule has 1 spiro atoms. The van der Waals surface area contributed by atoms with Crippen molar-refractivity contribution in [2.45, 2.75) is 32.7 Å². The summed E-state index contributed by atoms with van der Waals surface area (Å²) in [6, 6.07) is 4.30. The molecule has 2 aliphatic rings. The Kier molecular flexibility index (Phi) is 4.27. The zero-order valence-corrected chi connectivity index (χ0v) is 15.4. The van der Waals surface area contributed by atoms with Gasteiger partial charge in [0.2, 0.25) is 0 Å². The molecule has 1 aromatic heterocycles. The number of aromatic nitrogens is 1. The minimum absolute atomic E-state index is 0.363. The summed E-state index contributed by atoms with van der Waals surface area (Å²) >= 11 is -0.572. The molecule has 5 heteroatoms. The molecule has 2 aromatic rings. The number of fused-ring (bicyclic) bond motifs is 1. The fourth-order valence-corrected chi connectivity index (χ4v) is 6.32. The molecule has 0 bridgehead atoms. The first-order valence-electron chi connectivity index (χ1n) is 8.81. The van der Waals surface area contributed by atoms with Crippen molar-refractivity contribution in [3.8, 4) is 5.75 Å². The van der Waals surface area contributed by atoms with E-state index in [1.807, 2.05) is 6.20 Å². The number of ether oxygens (including phenoxy) is 1. The Morgan fingerprint density at radius 2 is 2.12 bits per heavy atom. The molecular weight excluding hydrogens is 320 g/mol. The van der Waals surface area contributed by atoms with Crippen molar-refractivity contribution in [1.82, 2.24) is 9.88 Å². The van der Waals surface area contributed by atoms with Gasteiger partial charge in [0.15, 0.2) is 0 Å². The molecule has 130 valence electrons. The van der Waals surface area contributed by atoms with Crippen LogP contribution in [-0.2, 0) is 17.7 Å². The lowest BCUT2D eigenvalue weighted by molar-refractivity contribution is 0.117. The third-order valence-electron chi connectivity index (χ3n) is 5.96. The van der Waals surface area contributed by atoms with Crippen molar-refractivity contribution in [1.29, 1.82) is 0 Å². The summed E-state index contributed by atoms with van der Waals surface area (Å²) < 4.78 is 17.5. The first-order chi connectivity index (χ1) is 11.6. The van der Waals surface area contributed by atoms with Crippen molar-refractivity contribution >= 4 is 22.1 Å². The summed E-state index contributed by atoms with van der Waals surface area (Å²) in [5.41, 5.74) is 4.08. The summed E-state index contributed by atoms with van der Waals surface area (Å²) in [4.78, 5) is 5.89. The topological polar surface area (TPSA) is 51.3 Å². The zero-order valence-electron chi connectivity index (χ0n) is 14.6. The molecule has 2 aliphatic heterocycles. The molecule has 2 saturated heterocycles. The van der Waals surface area contributed by atoms with E-state index in [1.165, 1.54) is 34.9 Å². The molecule has 4 rings (SSSR count). The van der Waals surface area contributed by atoms with Crippen LogP contribution >= 0.6 is 0 Å². The van der Waals surface area contributed by atoms with Gasteiger partial charge >= 0.3 is 0 Å². The number of benzene rings is 1. The number of nitrogens with zero attached hydrogens (tertiary/aromatic N) is 1. The van der Waals surface area contributed by atoms with E-state index in [4.69, 9.17) is 4.74 Å². The highest BCUT2D eigenvalue weighted by Crippen LogP contribution is 2.42. The number of aryl methyl sites for hydroxylation is 1. The van der Waals surface area contributed by atoms with Gasteiger partial charge in [-0.05, 0) is 50.6 Å². The van der Waals surface area contributed by atoms with E-state index in [9.17, 15) is 4.55 Å². The van der Waals surface area contributed by atoms with Crippen molar-refractivity contribution in [2.75, 3.05) is 31.7 Å². The Morgan fingerprint density at radius 1 is 1.33 bits per heavy atom. The number of methoxy groups -OCH3 is 1. The van der Waals surface area contributed by atoms with Gasteiger partial charge in [-0.2, -0.15) is 0 Å². The average molecular weight is 346 g/mol. The van der Waals surface area contributed by atoms with E-state index in [-0.39, 0.29) is 0 Å². The Morgan fingerprint density at radius 3 is 2.79 bits per heavy atom. The second-order valence-electron chi connectivity index (χ2n) is 7.46. The number of nitrogens with one attached hydrogen (secondary N) is 1. The van der Waals surface area contributed by atoms with Gasteiger partial charge in [-0.1, -0.05) is 11.2 Å². The summed E-state index contributed by atoms with van der Waals surface area (Å²) in [5, 5.41) is 1.27. The Balaban J connectivity index is 1.53. The fourth-order valence-electron chi connectivity index (χ4n) is 4.40. The standard InChI is InChI=1S/C19H26N2O2S/c1-14-11-17(23-2)16(15-3-7-20-18(14)15)12-21-8-4-19(5-9-21)6-10-24(22)13-19/h3,7,11,20H,4-6,8-10,12-13H2,1-2H3. The average Bonchev–Trinajstić information content (AvgIpc) is 3.20. The van der Waals surface area contributed by atoms with E-state index < -0.39 is 11.2 Å². The first-order valence-corrected chi connectivity index (χ1v) is 10.3. The van der Waals surface area contributed by atoms with Crippen LogP contribution in [0.25, 0.3) is 10.9 Å².